The summed E-state index contributed by atoms with van der Waals surface area (Å²) in [6, 6.07) is 1.76. The van der Waals surface area contributed by atoms with Gasteiger partial charge in [-0.05, 0) is 13.8 Å². The zero-order valence-corrected chi connectivity index (χ0v) is 10.4. The van der Waals surface area contributed by atoms with Gasteiger partial charge < -0.3 is 4.90 Å². The van der Waals surface area contributed by atoms with Crippen LogP contribution in [0.25, 0.3) is 5.82 Å². The number of nitrogens with one attached hydrogen (secondary N) is 1. The van der Waals surface area contributed by atoms with Crippen molar-refractivity contribution in [2.24, 2.45) is 0 Å². The predicted molar refractivity (Wildman–Crippen MR) is 65.8 cm³/mol. The Labute approximate surface area is 98.9 Å². The Bertz CT molecular complexity index is 596. The number of H-pyrrole nitrogens is 1. The molecule has 2 aromatic rings. The topological polar surface area (TPSA) is 66.8 Å². The molecule has 0 aliphatic heterocycles. The van der Waals surface area contributed by atoms with Crippen LogP contribution in [0.2, 0.25) is 0 Å². The van der Waals surface area contributed by atoms with Gasteiger partial charge in [-0.15, -0.1) is 0 Å². The van der Waals surface area contributed by atoms with Crippen LogP contribution in [0.5, 0.6) is 0 Å². The number of rotatable bonds is 2. The van der Waals surface area contributed by atoms with Crippen LogP contribution in [0.15, 0.2) is 17.2 Å². The van der Waals surface area contributed by atoms with Crippen LogP contribution in [0, 0.1) is 13.8 Å². The Morgan fingerprint density at radius 3 is 2.53 bits per heavy atom. The third-order valence-electron chi connectivity index (χ3n) is 2.69. The van der Waals surface area contributed by atoms with E-state index in [1.54, 1.807) is 13.0 Å². The molecule has 6 nitrogen and oxygen atoms in total. The summed E-state index contributed by atoms with van der Waals surface area (Å²) in [6.07, 6.45) is 1.45. The number of aromatic nitrogens is 4. The van der Waals surface area contributed by atoms with Crippen LogP contribution in [-0.4, -0.2) is 33.8 Å². The van der Waals surface area contributed by atoms with Crippen molar-refractivity contribution in [2.45, 2.75) is 13.8 Å². The smallest absolute Gasteiger partial charge is 0.275 e. The standard InChI is InChI=1S/C11H15N5O/c1-7-8(2)14-16(11(7)17)10-5-9(15(3)4)12-6-13-10/h5-6,14H,1-4H3. The van der Waals surface area contributed by atoms with Crippen LogP contribution in [0.4, 0.5) is 5.82 Å². The first-order chi connectivity index (χ1) is 8.00. The molecule has 0 unspecified atom stereocenters. The van der Waals surface area contributed by atoms with Gasteiger partial charge in [-0.3, -0.25) is 9.89 Å². The van der Waals surface area contributed by atoms with Crippen LogP contribution in [0.1, 0.15) is 11.3 Å². The molecule has 0 atom stereocenters. The molecule has 0 radical (unpaired) electrons. The molecule has 0 aliphatic carbocycles. The first-order valence-corrected chi connectivity index (χ1v) is 5.28. The van der Waals surface area contributed by atoms with Gasteiger partial charge >= 0.3 is 0 Å². The second-order valence-electron chi connectivity index (χ2n) is 4.13. The Morgan fingerprint density at radius 1 is 1.29 bits per heavy atom. The Balaban J connectivity index is 2.57. The van der Waals surface area contributed by atoms with E-state index in [1.165, 1.54) is 11.0 Å². The van der Waals surface area contributed by atoms with E-state index in [9.17, 15) is 4.79 Å². The molecule has 2 heterocycles. The Morgan fingerprint density at radius 2 is 2.00 bits per heavy atom. The zero-order chi connectivity index (χ0) is 12.6. The van der Waals surface area contributed by atoms with E-state index in [0.717, 1.165) is 11.5 Å². The zero-order valence-electron chi connectivity index (χ0n) is 10.4. The lowest BCUT2D eigenvalue weighted by molar-refractivity contribution is 0.799. The quantitative estimate of drug-likeness (QED) is 0.826. The fourth-order valence-corrected chi connectivity index (χ4v) is 1.50. The van der Waals surface area contributed by atoms with Crippen LogP contribution >= 0.6 is 0 Å². The van der Waals surface area contributed by atoms with Crippen molar-refractivity contribution in [1.82, 2.24) is 19.7 Å². The summed E-state index contributed by atoms with van der Waals surface area (Å²) in [5, 5.41) is 2.99. The van der Waals surface area contributed by atoms with Crippen molar-refractivity contribution in [2.75, 3.05) is 19.0 Å². The fourth-order valence-electron chi connectivity index (χ4n) is 1.50. The summed E-state index contributed by atoms with van der Waals surface area (Å²) in [5.41, 5.74) is 1.47. The molecule has 2 aromatic heterocycles. The molecule has 17 heavy (non-hydrogen) atoms. The van der Waals surface area contributed by atoms with Gasteiger partial charge in [0.1, 0.15) is 12.1 Å². The molecular formula is C11H15N5O. The SMILES string of the molecule is Cc1[nH]n(-c2cc(N(C)C)ncn2)c(=O)c1C. The summed E-state index contributed by atoms with van der Waals surface area (Å²) in [5.74, 6) is 1.30. The van der Waals surface area contributed by atoms with Gasteiger partial charge in [-0.2, -0.15) is 0 Å². The van der Waals surface area contributed by atoms with Crippen molar-refractivity contribution in [3.8, 4) is 5.82 Å². The average Bonchev–Trinajstić information content (AvgIpc) is 2.57. The van der Waals surface area contributed by atoms with Gasteiger partial charge in [0.2, 0.25) is 0 Å². The molecule has 0 saturated heterocycles. The van der Waals surface area contributed by atoms with E-state index >= 15 is 0 Å². The third-order valence-corrected chi connectivity index (χ3v) is 2.69. The molecule has 90 valence electrons. The number of anilines is 1. The van der Waals surface area contributed by atoms with Crippen LogP contribution in [0.3, 0.4) is 0 Å². The normalized spacial score (nSPS) is 10.6. The molecule has 0 saturated carbocycles. The molecule has 0 aromatic carbocycles. The number of nitrogens with zero attached hydrogens (tertiary/aromatic N) is 4. The second-order valence-corrected chi connectivity index (χ2v) is 4.13. The highest BCUT2D eigenvalue weighted by Gasteiger charge is 2.10. The molecule has 0 spiro atoms. The molecule has 1 N–H and O–H groups in total. The minimum Gasteiger partial charge on any atom is -0.363 e. The van der Waals surface area contributed by atoms with E-state index in [4.69, 9.17) is 0 Å². The number of aromatic amines is 1. The van der Waals surface area contributed by atoms with Gasteiger partial charge in [0.25, 0.3) is 5.56 Å². The number of hydrogen-bond acceptors (Lipinski definition) is 4. The maximum atomic E-state index is 11.9. The molecule has 0 fully saturated rings. The van der Waals surface area contributed by atoms with E-state index < -0.39 is 0 Å². The Kier molecular flexibility index (Phi) is 2.71. The average molecular weight is 233 g/mol. The van der Waals surface area contributed by atoms with Crippen molar-refractivity contribution in [1.29, 1.82) is 0 Å². The lowest BCUT2D eigenvalue weighted by atomic mass is 10.3. The van der Waals surface area contributed by atoms with Crippen molar-refractivity contribution in [3.05, 3.63) is 34.0 Å². The van der Waals surface area contributed by atoms with Gasteiger partial charge in [0.05, 0.1) is 0 Å². The molecule has 0 aliphatic rings. The first-order valence-electron chi connectivity index (χ1n) is 5.28. The highest BCUT2D eigenvalue weighted by Crippen LogP contribution is 2.10. The highest BCUT2D eigenvalue weighted by molar-refractivity contribution is 5.41. The summed E-state index contributed by atoms with van der Waals surface area (Å²) in [7, 11) is 3.78. The van der Waals surface area contributed by atoms with Gasteiger partial charge in [-0.1, -0.05) is 0 Å². The Hall–Kier alpha value is -2.11. The largest absolute Gasteiger partial charge is 0.363 e. The van der Waals surface area contributed by atoms with Crippen molar-refractivity contribution >= 4 is 5.82 Å². The van der Waals surface area contributed by atoms with E-state index in [0.29, 0.717) is 11.4 Å². The highest BCUT2D eigenvalue weighted by atomic mass is 16.1. The molecular weight excluding hydrogens is 218 g/mol. The lowest BCUT2D eigenvalue weighted by Crippen LogP contribution is -2.18. The van der Waals surface area contributed by atoms with Crippen LogP contribution < -0.4 is 10.5 Å². The second kappa shape index (κ2) is 4.04. The first kappa shape index (κ1) is 11.4. The summed E-state index contributed by atoms with van der Waals surface area (Å²) >= 11 is 0. The van der Waals surface area contributed by atoms with Crippen molar-refractivity contribution < 1.29 is 0 Å². The van der Waals surface area contributed by atoms with Gasteiger partial charge in [0, 0.05) is 31.4 Å². The summed E-state index contributed by atoms with van der Waals surface area (Å²) in [6.45, 7) is 3.65. The fraction of sp³-hybridized carbons (Fsp3) is 0.364. The van der Waals surface area contributed by atoms with Crippen LogP contribution in [-0.2, 0) is 0 Å². The summed E-state index contributed by atoms with van der Waals surface area (Å²) < 4.78 is 1.43. The number of aryl methyl sites for hydroxylation is 1. The molecule has 2 rings (SSSR count). The molecule has 6 heteroatoms. The van der Waals surface area contributed by atoms with Gasteiger partial charge in [-0.25, -0.2) is 14.6 Å². The minimum absolute atomic E-state index is 0.0779. The third kappa shape index (κ3) is 1.93. The lowest BCUT2D eigenvalue weighted by Gasteiger charge is -2.11. The predicted octanol–water partition coefficient (Wildman–Crippen LogP) is 0.638. The summed E-state index contributed by atoms with van der Waals surface area (Å²) in [4.78, 5) is 22.0. The number of hydrogen-bond donors (Lipinski definition) is 1. The minimum atomic E-state index is -0.0779. The molecule has 0 amide bonds. The monoisotopic (exact) mass is 233 g/mol. The maximum Gasteiger partial charge on any atom is 0.275 e. The van der Waals surface area contributed by atoms with E-state index in [-0.39, 0.29) is 5.56 Å². The van der Waals surface area contributed by atoms with E-state index in [2.05, 4.69) is 15.1 Å². The maximum absolute atomic E-state index is 11.9. The van der Waals surface area contributed by atoms with E-state index in [1.807, 2.05) is 25.9 Å². The molecule has 0 bridgehead atoms. The van der Waals surface area contributed by atoms with Crippen molar-refractivity contribution in [3.63, 3.8) is 0 Å². The van der Waals surface area contributed by atoms with Gasteiger partial charge in [0.15, 0.2) is 5.82 Å².